The Morgan fingerprint density at radius 2 is 1.95 bits per heavy atom. The Morgan fingerprint density at radius 3 is 2.60 bits per heavy atom. The van der Waals surface area contributed by atoms with Crippen molar-refractivity contribution in [1.29, 1.82) is 0 Å². The fraction of sp³-hybridized carbons (Fsp3) is 0.571. The number of rotatable bonds is 5. The number of hydrogen-bond donors (Lipinski definition) is 1. The molecule has 0 aromatic heterocycles. The summed E-state index contributed by atoms with van der Waals surface area (Å²) in [5, 5.41) is 0. The van der Waals surface area contributed by atoms with Crippen molar-refractivity contribution in [2.75, 3.05) is 19.8 Å². The maximum Gasteiger partial charge on any atom is 0.240 e. The van der Waals surface area contributed by atoms with Crippen molar-refractivity contribution < 1.29 is 17.9 Å². The van der Waals surface area contributed by atoms with Crippen LogP contribution in [0.1, 0.15) is 24.0 Å². The maximum atomic E-state index is 12.2. The van der Waals surface area contributed by atoms with Gasteiger partial charge in [-0.1, -0.05) is 17.7 Å². The molecule has 20 heavy (non-hydrogen) atoms. The van der Waals surface area contributed by atoms with Gasteiger partial charge in [-0.05, 0) is 31.9 Å². The van der Waals surface area contributed by atoms with E-state index in [0.717, 1.165) is 17.5 Å². The lowest BCUT2D eigenvalue weighted by molar-refractivity contribution is -0.180. The van der Waals surface area contributed by atoms with Crippen LogP contribution in [0.25, 0.3) is 0 Å². The van der Waals surface area contributed by atoms with E-state index in [2.05, 4.69) is 4.72 Å². The summed E-state index contributed by atoms with van der Waals surface area (Å²) in [5.41, 5.74) is 1.80. The molecule has 1 heterocycles. The minimum Gasteiger partial charge on any atom is -0.353 e. The minimum atomic E-state index is -3.47. The topological polar surface area (TPSA) is 64.6 Å². The highest BCUT2D eigenvalue weighted by atomic mass is 32.2. The zero-order valence-electron chi connectivity index (χ0n) is 11.9. The van der Waals surface area contributed by atoms with Crippen LogP contribution >= 0.6 is 0 Å². The van der Waals surface area contributed by atoms with Crippen molar-refractivity contribution in [2.45, 2.75) is 37.9 Å². The molecule has 1 fully saturated rings. The SMILES string of the molecule is Cc1ccc(S(=O)(=O)NCCC2OCCCO2)c(C)c1. The third-order valence-corrected chi connectivity index (χ3v) is 4.81. The smallest absolute Gasteiger partial charge is 0.240 e. The molecule has 1 aliphatic heterocycles. The van der Waals surface area contributed by atoms with Crippen LogP contribution in [-0.4, -0.2) is 34.5 Å². The van der Waals surface area contributed by atoms with Gasteiger partial charge < -0.3 is 9.47 Å². The van der Waals surface area contributed by atoms with Crippen LogP contribution in [0.4, 0.5) is 0 Å². The first-order valence-corrected chi connectivity index (χ1v) is 8.27. The van der Waals surface area contributed by atoms with Gasteiger partial charge in [0, 0.05) is 13.0 Å². The molecule has 1 saturated heterocycles. The predicted molar refractivity (Wildman–Crippen MR) is 76.0 cm³/mol. The summed E-state index contributed by atoms with van der Waals surface area (Å²) < 4.78 is 37.8. The number of nitrogens with one attached hydrogen (secondary N) is 1. The molecule has 1 aromatic carbocycles. The second-order valence-electron chi connectivity index (χ2n) is 4.98. The van der Waals surface area contributed by atoms with E-state index in [1.54, 1.807) is 19.1 Å². The zero-order valence-corrected chi connectivity index (χ0v) is 12.7. The first kappa shape index (κ1) is 15.4. The Kier molecular flexibility index (Phi) is 5.15. The summed E-state index contributed by atoms with van der Waals surface area (Å²) in [6.45, 7) is 5.40. The van der Waals surface area contributed by atoms with E-state index < -0.39 is 10.0 Å². The average molecular weight is 299 g/mol. The van der Waals surface area contributed by atoms with Crippen molar-refractivity contribution in [2.24, 2.45) is 0 Å². The van der Waals surface area contributed by atoms with E-state index in [0.29, 0.717) is 31.1 Å². The molecule has 0 radical (unpaired) electrons. The van der Waals surface area contributed by atoms with Crippen LogP contribution in [-0.2, 0) is 19.5 Å². The minimum absolute atomic E-state index is 0.300. The number of ether oxygens (including phenoxy) is 2. The summed E-state index contributed by atoms with van der Waals surface area (Å²) in [6, 6.07) is 5.30. The van der Waals surface area contributed by atoms with E-state index in [4.69, 9.17) is 9.47 Å². The van der Waals surface area contributed by atoms with Gasteiger partial charge >= 0.3 is 0 Å². The van der Waals surface area contributed by atoms with Crippen molar-refractivity contribution >= 4 is 10.0 Å². The molecule has 0 aliphatic carbocycles. The Bertz CT molecular complexity index is 550. The largest absolute Gasteiger partial charge is 0.353 e. The van der Waals surface area contributed by atoms with Gasteiger partial charge in [0.15, 0.2) is 6.29 Å². The number of sulfonamides is 1. The quantitative estimate of drug-likeness (QED) is 0.899. The first-order valence-electron chi connectivity index (χ1n) is 6.79. The molecule has 0 amide bonds. The fourth-order valence-electron chi connectivity index (χ4n) is 2.19. The third-order valence-electron chi connectivity index (χ3n) is 3.19. The van der Waals surface area contributed by atoms with Gasteiger partial charge in [0.2, 0.25) is 10.0 Å². The predicted octanol–water partition coefficient (Wildman–Crippen LogP) is 1.73. The molecule has 0 spiro atoms. The summed E-state index contributed by atoms with van der Waals surface area (Å²) in [7, 11) is -3.47. The van der Waals surface area contributed by atoms with Crippen LogP contribution in [0.5, 0.6) is 0 Å². The maximum absolute atomic E-state index is 12.2. The first-order chi connectivity index (χ1) is 9.49. The summed E-state index contributed by atoms with van der Waals surface area (Å²) in [6.07, 6.45) is 1.11. The summed E-state index contributed by atoms with van der Waals surface area (Å²) in [5.74, 6) is 0. The molecule has 6 heteroatoms. The third kappa shape index (κ3) is 4.02. The Morgan fingerprint density at radius 1 is 1.25 bits per heavy atom. The molecule has 0 unspecified atom stereocenters. The molecule has 0 saturated carbocycles. The van der Waals surface area contributed by atoms with Gasteiger partial charge in [-0.25, -0.2) is 13.1 Å². The van der Waals surface area contributed by atoms with Gasteiger partial charge in [-0.3, -0.25) is 0 Å². The van der Waals surface area contributed by atoms with Crippen molar-refractivity contribution in [3.8, 4) is 0 Å². The van der Waals surface area contributed by atoms with E-state index in [1.807, 2.05) is 13.0 Å². The van der Waals surface area contributed by atoms with Crippen molar-refractivity contribution in [3.63, 3.8) is 0 Å². The van der Waals surface area contributed by atoms with E-state index >= 15 is 0 Å². The van der Waals surface area contributed by atoms with Crippen LogP contribution in [0.2, 0.25) is 0 Å². The zero-order chi connectivity index (χ0) is 14.6. The highest BCUT2D eigenvalue weighted by molar-refractivity contribution is 7.89. The second kappa shape index (κ2) is 6.67. The molecule has 5 nitrogen and oxygen atoms in total. The van der Waals surface area contributed by atoms with Gasteiger partial charge in [0.05, 0.1) is 18.1 Å². The van der Waals surface area contributed by atoms with Gasteiger partial charge in [-0.15, -0.1) is 0 Å². The molecular formula is C14H21NO4S. The van der Waals surface area contributed by atoms with E-state index in [1.165, 1.54) is 0 Å². The normalized spacial score (nSPS) is 17.3. The summed E-state index contributed by atoms with van der Waals surface area (Å²) >= 11 is 0. The van der Waals surface area contributed by atoms with E-state index in [9.17, 15) is 8.42 Å². The van der Waals surface area contributed by atoms with Crippen LogP contribution in [0.15, 0.2) is 23.1 Å². The van der Waals surface area contributed by atoms with Gasteiger partial charge in [0.25, 0.3) is 0 Å². The molecule has 1 aromatic rings. The van der Waals surface area contributed by atoms with Gasteiger partial charge in [-0.2, -0.15) is 0 Å². The number of benzene rings is 1. The molecule has 1 N–H and O–H groups in total. The highest BCUT2D eigenvalue weighted by Gasteiger charge is 2.18. The lowest BCUT2D eigenvalue weighted by atomic mass is 10.2. The highest BCUT2D eigenvalue weighted by Crippen LogP contribution is 2.16. The average Bonchev–Trinajstić information content (AvgIpc) is 2.39. The van der Waals surface area contributed by atoms with Crippen LogP contribution < -0.4 is 4.72 Å². The lowest BCUT2D eigenvalue weighted by Gasteiger charge is -2.23. The monoisotopic (exact) mass is 299 g/mol. The Balaban J connectivity index is 1.93. The van der Waals surface area contributed by atoms with E-state index in [-0.39, 0.29) is 6.29 Å². The fourth-order valence-corrected chi connectivity index (χ4v) is 3.47. The Labute approximate surface area is 120 Å². The molecule has 0 atom stereocenters. The van der Waals surface area contributed by atoms with Crippen molar-refractivity contribution in [3.05, 3.63) is 29.3 Å². The van der Waals surface area contributed by atoms with Gasteiger partial charge in [0.1, 0.15) is 0 Å². The standard InChI is InChI=1S/C14H21NO4S/c1-11-4-5-13(12(2)10-11)20(16,17)15-7-6-14-18-8-3-9-19-14/h4-5,10,14-15H,3,6-9H2,1-2H3. The Hall–Kier alpha value is -0.950. The lowest BCUT2D eigenvalue weighted by Crippen LogP contribution is -2.32. The number of aryl methyl sites for hydroxylation is 2. The molecule has 2 rings (SSSR count). The second-order valence-corrected chi connectivity index (χ2v) is 6.72. The molecule has 1 aliphatic rings. The molecule has 0 bridgehead atoms. The number of hydrogen-bond acceptors (Lipinski definition) is 4. The van der Waals surface area contributed by atoms with Crippen LogP contribution in [0.3, 0.4) is 0 Å². The molecular weight excluding hydrogens is 278 g/mol. The summed E-state index contributed by atoms with van der Waals surface area (Å²) in [4.78, 5) is 0.327. The van der Waals surface area contributed by atoms with Crippen molar-refractivity contribution in [1.82, 2.24) is 4.72 Å². The molecule has 112 valence electrons. The van der Waals surface area contributed by atoms with Crippen LogP contribution in [0, 0.1) is 13.8 Å².